The van der Waals surface area contributed by atoms with E-state index in [1.807, 2.05) is 0 Å². The molecule has 0 saturated heterocycles. The lowest BCUT2D eigenvalue weighted by atomic mass is 9.84. The van der Waals surface area contributed by atoms with Crippen LogP contribution in [-0.2, 0) is 6.42 Å². The van der Waals surface area contributed by atoms with Crippen LogP contribution in [0.4, 0.5) is 0 Å². The highest BCUT2D eigenvalue weighted by atomic mass is 15.1. The van der Waals surface area contributed by atoms with E-state index in [1.165, 1.54) is 88.0 Å². The van der Waals surface area contributed by atoms with Gasteiger partial charge in [-0.2, -0.15) is 8.97 Å². The highest BCUT2D eigenvalue weighted by Gasteiger charge is 2.48. The molecule has 0 saturated carbocycles. The van der Waals surface area contributed by atoms with Crippen LogP contribution in [0.5, 0.6) is 0 Å². The van der Waals surface area contributed by atoms with Crippen LogP contribution in [0.3, 0.4) is 0 Å². The maximum atomic E-state index is 2.56. The Morgan fingerprint density at radius 2 is 1.49 bits per heavy atom. The molecular formula is C42H31N3+2. The summed E-state index contributed by atoms with van der Waals surface area (Å²) < 4.78 is 7.63. The van der Waals surface area contributed by atoms with Crippen molar-refractivity contribution in [2.75, 3.05) is 0 Å². The quantitative estimate of drug-likeness (QED) is 0.136. The van der Waals surface area contributed by atoms with Gasteiger partial charge >= 0.3 is 0 Å². The molecule has 45 heavy (non-hydrogen) atoms. The molecule has 9 aromatic rings. The monoisotopic (exact) mass is 577 g/mol. The first-order valence-corrected chi connectivity index (χ1v) is 16.3. The van der Waals surface area contributed by atoms with E-state index in [0.29, 0.717) is 11.8 Å². The second-order valence-corrected chi connectivity index (χ2v) is 13.5. The number of rotatable bonds is 1. The Hall–Kier alpha value is -5.28. The molecule has 1 aliphatic carbocycles. The first-order valence-electron chi connectivity index (χ1n) is 16.3. The number of hydrogen-bond acceptors (Lipinski definition) is 0. The van der Waals surface area contributed by atoms with Gasteiger partial charge in [0.25, 0.3) is 0 Å². The smallest absolute Gasteiger partial charge is 0.227 e. The van der Waals surface area contributed by atoms with E-state index in [9.17, 15) is 0 Å². The summed E-state index contributed by atoms with van der Waals surface area (Å²) in [6.07, 6.45) is 5.69. The second-order valence-electron chi connectivity index (χ2n) is 13.5. The van der Waals surface area contributed by atoms with Crippen LogP contribution in [0.1, 0.15) is 54.1 Å². The van der Waals surface area contributed by atoms with Gasteiger partial charge in [-0.15, -0.1) is 0 Å². The largest absolute Gasteiger partial charge is 0.314 e. The van der Waals surface area contributed by atoms with Crippen molar-refractivity contribution in [2.45, 2.75) is 38.1 Å². The molecule has 3 heteroatoms. The molecule has 2 atom stereocenters. The molecule has 4 aromatic carbocycles. The predicted octanol–water partition coefficient (Wildman–Crippen LogP) is 9.05. The fraction of sp³-hybridized carbons (Fsp3) is 0.143. The normalized spacial score (nSPS) is 17.2. The molecule has 212 valence electrons. The fourth-order valence-corrected chi connectivity index (χ4v) is 9.16. The van der Waals surface area contributed by atoms with Gasteiger partial charge in [0.05, 0.1) is 38.7 Å². The van der Waals surface area contributed by atoms with Gasteiger partial charge in [0.15, 0.2) is 6.20 Å². The summed E-state index contributed by atoms with van der Waals surface area (Å²) >= 11 is 0. The Labute approximate surface area is 260 Å². The van der Waals surface area contributed by atoms with Crippen molar-refractivity contribution in [2.24, 2.45) is 0 Å². The van der Waals surface area contributed by atoms with Crippen molar-refractivity contribution in [1.29, 1.82) is 0 Å². The van der Waals surface area contributed by atoms with Crippen LogP contribution < -0.4 is 8.97 Å². The molecule has 0 amide bonds. The van der Waals surface area contributed by atoms with E-state index in [2.05, 4.69) is 149 Å². The predicted molar refractivity (Wildman–Crippen MR) is 183 cm³/mol. The van der Waals surface area contributed by atoms with Gasteiger partial charge in [0, 0.05) is 41.4 Å². The fourth-order valence-electron chi connectivity index (χ4n) is 9.16. The molecule has 2 unspecified atom stereocenters. The first kappa shape index (κ1) is 24.1. The average molecular weight is 578 g/mol. The number of nitrogens with zero attached hydrogens (tertiary/aromatic N) is 3. The van der Waals surface area contributed by atoms with Gasteiger partial charge in [0.1, 0.15) is 0 Å². The third kappa shape index (κ3) is 2.88. The van der Waals surface area contributed by atoms with E-state index in [4.69, 9.17) is 0 Å². The summed E-state index contributed by atoms with van der Waals surface area (Å²) in [7, 11) is 0. The van der Waals surface area contributed by atoms with Crippen LogP contribution in [0.15, 0.2) is 122 Å². The van der Waals surface area contributed by atoms with E-state index < -0.39 is 0 Å². The first-order chi connectivity index (χ1) is 22.2. The number of para-hydroxylation sites is 2. The van der Waals surface area contributed by atoms with Crippen molar-refractivity contribution in [1.82, 2.24) is 4.40 Å². The second kappa shape index (κ2) is 8.25. The summed E-state index contributed by atoms with van der Waals surface area (Å²) in [6, 6.07) is 41.6. The topological polar surface area (TPSA) is 12.4 Å². The zero-order valence-corrected chi connectivity index (χ0v) is 25.3. The van der Waals surface area contributed by atoms with Crippen LogP contribution in [0.2, 0.25) is 0 Å². The molecule has 2 aliphatic rings. The van der Waals surface area contributed by atoms with Gasteiger partial charge in [0.2, 0.25) is 28.3 Å². The molecule has 1 aliphatic heterocycles. The molecule has 0 bridgehead atoms. The lowest BCUT2D eigenvalue weighted by Crippen LogP contribution is -2.46. The van der Waals surface area contributed by atoms with Gasteiger partial charge in [-0.25, -0.2) is 0 Å². The standard InChI is InChI=1S/C42H31N3/c1-24(2)25-17-19-44-38(20-25)33-21-32-30-14-9-13-29-28-12-5-6-16-37(28)45(40(29)30)39(32)23-31(33)35-22-34-26-10-3-4-11-27(26)36-15-7-8-18-43(36)41(34)42(35)44/h3-21,23-24,34,41H,22H2,1-2H3/q+2. The maximum Gasteiger partial charge on any atom is 0.227 e. The number of aromatic nitrogens is 3. The van der Waals surface area contributed by atoms with Gasteiger partial charge < -0.3 is 4.40 Å². The zero-order valence-electron chi connectivity index (χ0n) is 25.3. The van der Waals surface area contributed by atoms with Crippen LogP contribution in [-0.4, -0.2) is 4.40 Å². The van der Waals surface area contributed by atoms with E-state index >= 15 is 0 Å². The zero-order chi connectivity index (χ0) is 29.6. The van der Waals surface area contributed by atoms with Crippen LogP contribution >= 0.6 is 0 Å². The molecule has 0 radical (unpaired) electrons. The number of hydrogen-bond donors (Lipinski definition) is 0. The van der Waals surface area contributed by atoms with Crippen LogP contribution in [0.25, 0.3) is 65.6 Å². The minimum atomic E-state index is 0.234. The third-order valence-electron chi connectivity index (χ3n) is 11.1. The summed E-state index contributed by atoms with van der Waals surface area (Å²) in [5.74, 6) is 0.838. The summed E-state index contributed by atoms with van der Waals surface area (Å²) in [4.78, 5) is 0. The molecule has 0 fully saturated rings. The number of pyridine rings is 3. The third-order valence-corrected chi connectivity index (χ3v) is 11.1. The van der Waals surface area contributed by atoms with E-state index in [-0.39, 0.29) is 6.04 Å². The van der Waals surface area contributed by atoms with Crippen LogP contribution in [0, 0.1) is 0 Å². The molecule has 0 N–H and O–H groups in total. The van der Waals surface area contributed by atoms with E-state index in [1.54, 1.807) is 0 Å². The summed E-state index contributed by atoms with van der Waals surface area (Å²) in [5.41, 5.74) is 13.7. The lowest BCUT2D eigenvalue weighted by Gasteiger charge is -2.26. The van der Waals surface area contributed by atoms with Crippen molar-refractivity contribution in [3.05, 3.63) is 144 Å². The van der Waals surface area contributed by atoms with E-state index in [0.717, 1.165) is 6.42 Å². The van der Waals surface area contributed by atoms with Crippen molar-refractivity contribution in [3.8, 4) is 11.3 Å². The Kier molecular flexibility index (Phi) is 4.42. The molecule has 3 nitrogen and oxygen atoms in total. The number of benzene rings is 4. The summed E-state index contributed by atoms with van der Waals surface area (Å²) in [6.45, 7) is 4.61. The van der Waals surface area contributed by atoms with Gasteiger partial charge in [-0.05, 0) is 82.9 Å². The maximum absolute atomic E-state index is 2.56. The molecule has 5 aromatic heterocycles. The average Bonchev–Trinajstić information content (AvgIpc) is 3.75. The van der Waals surface area contributed by atoms with Crippen molar-refractivity contribution in [3.63, 3.8) is 0 Å². The minimum Gasteiger partial charge on any atom is -0.314 e. The highest BCUT2D eigenvalue weighted by Crippen LogP contribution is 2.51. The minimum absolute atomic E-state index is 0.234. The Bertz CT molecular complexity index is 2730. The molecular weight excluding hydrogens is 546 g/mol. The Morgan fingerprint density at radius 1 is 0.689 bits per heavy atom. The van der Waals surface area contributed by atoms with Gasteiger partial charge in [-0.1, -0.05) is 50.2 Å². The Morgan fingerprint density at radius 3 is 2.40 bits per heavy atom. The molecule has 11 rings (SSSR count). The number of fused-ring (bicyclic) bond motifs is 19. The van der Waals surface area contributed by atoms with Crippen molar-refractivity contribution < 1.29 is 8.97 Å². The molecule has 6 heterocycles. The summed E-state index contributed by atoms with van der Waals surface area (Å²) in [5, 5.41) is 8.10. The Balaban J connectivity index is 1.34. The molecule has 0 spiro atoms. The SMILES string of the molecule is CC(C)c1ccn2c3c(c4cc5c(cc4c2c1)c1cccc2c4ccccc4[n+]5c21)CC1c2ccccc2-c2cccc[n+]2C31. The lowest BCUT2D eigenvalue weighted by molar-refractivity contribution is -0.707. The highest BCUT2D eigenvalue weighted by molar-refractivity contribution is 6.20. The van der Waals surface area contributed by atoms with Gasteiger partial charge in [-0.3, -0.25) is 0 Å². The van der Waals surface area contributed by atoms with Crippen molar-refractivity contribution >= 4 is 54.4 Å².